The lowest BCUT2D eigenvalue weighted by Crippen LogP contribution is -2.38. The van der Waals surface area contributed by atoms with Gasteiger partial charge in [0.2, 0.25) is 0 Å². The topological polar surface area (TPSA) is 49.3 Å². The summed E-state index contributed by atoms with van der Waals surface area (Å²) in [5.74, 6) is -0.195. The molecule has 0 spiro atoms. The molecule has 0 aliphatic carbocycles. The first-order valence-corrected chi connectivity index (χ1v) is 4.57. The van der Waals surface area contributed by atoms with Crippen LogP contribution in [0.1, 0.15) is 33.6 Å². The summed E-state index contributed by atoms with van der Waals surface area (Å²) in [6, 6.07) is -0.376. The quantitative estimate of drug-likeness (QED) is 0.639. The molecule has 0 aliphatic heterocycles. The van der Waals surface area contributed by atoms with Gasteiger partial charge in [-0.05, 0) is 18.9 Å². The largest absolute Gasteiger partial charge is 0.480 e. The first-order valence-electron chi connectivity index (χ1n) is 4.57. The molecular formula is C9H19NO2. The van der Waals surface area contributed by atoms with Crippen LogP contribution in [0.3, 0.4) is 0 Å². The summed E-state index contributed by atoms with van der Waals surface area (Å²) in [4.78, 5) is 10.6. The van der Waals surface area contributed by atoms with E-state index in [0.29, 0.717) is 12.3 Å². The van der Waals surface area contributed by atoms with Crippen LogP contribution in [0.4, 0.5) is 0 Å². The van der Waals surface area contributed by atoms with Crippen LogP contribution in [0.15, 0.2) is 0 Å². The minimum Gasteiger partial charge on any atom is -0.480 e. The second kappa shape index (κ2) is 6.00. The van der Waals surface area contributed by atoms with Gasteiger partial charge >= 0.3 is 5.97 Å². The Morgan fingerprint density at radius 2 is 2.00 bits per heavy atom. The average molecular weight is 173 g/mol. The maximum absolute atomic E-state index is 10.6. The normalized spacial score (nSPS) is 15.6. The summed E-state index contributed by atoms with van der Waals surface area (Å²) in [6.07, 6.45) is 1.73. The van der Waals surface area contributed by atoms with Gasteiger partial charge in [0.25, 0.3) is 0 Å². The van der Waals surface area contributed by atoms with E-state index in [2.05, 4.69) is 19.2 Å². The summed E-state index contributed by atoms with van der Waals surface area (Å²) in [6.45, 7) is 6.89. The van der Waals surface area contributed by atoms with E-state index in [4.69, 9.17) is 5.11 Å². The Hall–Kier alpha value is -0.570. The number of carbonyl (C=O) groups is 1. The molecule has 0 aromatic rings. The average Bonchev–Trinajstić information content (AvgIpc) is 2.04. The summed E-state index contributed by atoms with van der Waals surface area (Å²) in [5.41, 5.74) is 0. The summed E-state index contributed by atoms with van der Waals surface area (Å²) >= 11 is 0. The lowest BCUT2D eigenvalue weighted by Gasteiger charge is -2.15. The molecule has 3 heteroatoms. The highest BCUT2D eigenvalue weighted by atomic mass is 16.4. The number of aliphatic carboxylic acids is 1. The Balaban J connectivity index is 3.65. The van der Waals surface area contributed by atoms with Crippen LogP contribution in [0.25, 0.3) is 0 Å². The fourth-order valence-electron chi connectivity index (χ4n) is 0.894. The van der Waals surface area contributed by atoms with E-state index in [-0.39, 0.29) is 6.04 Å². The van der Waals surface area contributed by atoms with Crippen molar-refractivity contribution in [2.24, 2.45) is 5.92 Å². The molecule has 2 N–H and O–H groups in total. The molecule has 0 saturated carbocycles. The third-order valence-electron chi connectivity index (χ3n) is 2.12. The van der Waals surface area contributed by atoms with Crippen molar-refractivity contribution in [3.8, 4) is 0 Å². The molecule has 0 aliphatic rings. The predicted octanol–water partition coefficient (Wildman–Crippen LogP) is 1.49. The number of carboxylic acid groups (broad SMARTS) is 1. The molecule has 0 rings (SSSR count). The third-order valence-corrected chi connectivity index (χ3v) is 2.12. The van der Waals surface area contributed by atoms with E-state index < -0.39 is 5.97 Å². The van der Waals surface area contributed by atoms with Crippen LogP contribution >= 0.6 is 0 Å². The van der Waals surface area contributed by atoms with Crippen molar-refractivity contribution in [1.29, 1.82) is 0 Å². The standard InChI is InChI=1S/C9H19NO2/c1-4-7(3)6-10-8(5-2)9(11)12/h7-8,10H,4-6H2,1-3H3,(H,11,12). The Morgan fingerprint density at radius 1 is 1.42 bits per heavy atom. The van der Waals surface area contributed by atoms with Gasteiger partial charge in [-0.25, -0.2) is 0 Å². The molecule has 0 bridgehead atoms. The van der Waals surface area contributed by atoms with Crippen LogP contribution < -0.4 is 5.32 Å². The van der Waals surface area contributed by atoms with E-state index in [1.807, 2.05) is 6.92 Å². The zero-order valence-electron chi connectivity index (χ0n) is 8.13. The maximum atomic E-state index is 10.6. The summed E-state index contributed by atoms with van der Waals surface area (Å²) in [5, 5.41) is 11.7. The lowest BCUT2D eigenvalue weighted by molar-refractivity contribution is -0.139. The number of hydrogen-bond acceptors (Lipinski definition) is 2. The van der Waals surface area contributed by atoms with Gasteiger partial charge in [0.15, 0.2) is 0 Å². The minimum atomic E-state index is -0.749. The van der Waals surface area contributed by atoms with E-state index in [9.17, 15) is 4.79 Å². The fourth-order valence-corrected chi connectivity index (χ4v) is 0.894. The van der Waals surface area contributed by atoms with Crippen molar-refractivity contribution in [3.05, 3.63) is 0 Å². The van der Waals surface area contributed by atoms with Crippen molar-refractivity contribution < 1.29 is 9.90 Å². The third kappa shape index (κ3) is 4.34. The Morgan fingerprint density at radius 3 is 2.33 bits per heavy atom. The number of rotatable bonds is 6. The molecule has 2 atom stereocenters. The molecule has 72 valence electrons. The molecule has 0 fully saturated rings. The molecule has 2 unspecified atom stereocenters. The van der Waals surface area contributed by atoms with E-state index >= 15 is 0 Å². The zero-order valence-corrected chi connectivity index (χ0v) is 8.13. The molecule has 0 saturated heterocycles. The second-order valence-electron chi connectivity index (χ2n) is 3.22. The highest BCUT2D eigenvalue weighted by Gasteiger charge is 2.14. The molecule has 0 amide bonds. The van der Waals surface area contributed by atoms with Gasteiger partial charge in [-0.15, -0.1) is 0 Å². The van der Waals surface area contributed by atoms with Crippen molar-refractivity contribution >= 4 is 5.97 Å². The molecule has 0 aromatic carbocycles. The molecule has 0 heterocycles. The summed E-state index contributed by atoms with van der Waals surface area (Å²) < 4.78 is 0. The fraction of sp³-hybridized carbons (Fsp3) is 0.889. The Kier molecular flexibility index (Phi) is 5.72. The summed E-state index contributed by atoms with van der Waals surface area (Å²) in [7, 11) is 0. The number of carboxylic acids is 1. The van der Waals surface area contributed by atoms with Crippen molar-refractivity contribution in [2.45, 2.75) is 39.7 Å². The first-order chi connectivity index (χ1) is 5.61. The molecule has 0 radical (unpaired) electrons. The van der Waals surface area contributed by atoms with Gasteiger partial charge < -0.3 is 10.4 Å². The zero-order chi connectivity index (χ0) is 9.56. The van der Waals surface area contributed by atoms with E-state index in [1.54, 1.807) is 0 Å². The highest BCUT2D eigenvalue weighted by Crippen LogP contribution is 1.99. The monoisotopic (exact) mass is 173 g/mol. The van der Waals surface area contributed by atoms with Crippen LogP contribution in [-0.2, 0) is 4.79 Å². The lowest BCUT2D eigenvalue weighted by atomic mass is 10.1. The van der Waals surface area contributed by atoms with Gasteiger partial charge in [0.1, 0.15) is 6.04 Å². The van der Waals surface area contributed by atoms with Crippen molar-refractivity contribution in [3.63, 3.8) is 0 Å². The van der Waals surface area contributed by atoms with Gasteiger partial charge in [0, 0.05) is 0 Å². The van der Waals surface area contributed by atoms with E-state index in [0.717, 1.165) is 13.0 Å². The van der Waals surface area contributed by atoms with E-state index in [1.165, 1.54) is 0 Å². The van der Waals surface area contributed by atoms with Gasteiger partial charge in [-0.3, -0.25) is 4.79 Å². The molecule has 12 heavy (non-hydrogen) atoms. The number of hydrogen-bond donors (Lipinski definition) is 2. The van der Waals surface area contributed by atoms with Crippen molar-refractivity contribution in [1.82, 2.24) is 5.32 Å². The predicted molar refractivity (Wildman–Crippen MR) is 49.2 cm³/mol. The minimum absolute atomic E-state index is 0.376. The molecule has 3 nitrogen and oxygen atoms in total. The molecular weight excluding hydrogens is 154 g/mol. The molecule has 0 aromatic heterocycles. The van der Waals surface area contributed by atoms with Crippen LogP contribution in [0.2, 0.25) is 0 Å². The first kappa shape index (κ1) is 11.4. The van der Waals surface area contributed by atoms with Gasteiger partial charge in [-0.2, -0.15) is 0 Å². The van der Waals surface area contributed by atoms with Crippen LogP contribution in [0.5, 0.6) is 0 Å². The highest BCUT2D eigenvalue weighted by molar-refractivity contribution is 5.73. The van der Waals surface area contributed by atoms with Crippen LogP contribution in [0, 0.1) is 5.92 Å². The number of nitrogens with one attached hydrogen (secondary N) is 1. The maximum Gasteiger partial charge on any atom is 0.320 e. The second-order valence-corrected chi connectivity index (χ2v) is 3.22. The SMILES string of the molecule is CCC(C)CNC(CC)C(=O)O. The van der Waals surface area contributed by atoms with Gasteiger partial charge in [0.05, 0.1) is 0 Å². The van der Waals surface area contributed by atoms with Gasteiger partial charge in [-0.1, -0.05) is 27.2 Å². The Bertz CT molecular complexity index is 136. The van der Waals surface area contributed by atoms with Crippen molar-refractivity contribution in [2.75, 3.05) is 6.54 Å². The Labute approximate surface area is 74.2 Å². The smallest absolute Gasteiger partial charge is 0.320 e. The van der Waals surface area contributed by atoms with Crippen LogP contribution in [-0.4, -0.2) is 23.7 Å².